The Kier molecular flexibility index (Phi) is 6.74. The van der Waals surface area contributed by atoms with Crippen LogP contribution in [0, 0.1) is 0 Å². The number of carbonyl (C=O) groups is 1. The molecule has 0 aliphatic carbocycles. The highest BCUT2D eigenvalue weighted by Crippen LogP contribution is 2.43. The van der Waals surface area contributed by atoms with Crippen LogP contribution in [0.4, 0.5) is 0 Å². The van der Waals surface area contributed by atoms with Gasteiger partial charge in [-0.05, 0) is 29.5 Å². The Balaban J connectivity index is 2.05. The van der Waals surface area contributed by atoms with Gasteiger partial charge in [-0.15, -0.1) is 0 Å². The highest BCUT2D eigenvalue weighted by atomic mass is 31.1. The van der Waals surface area contributed by atoms with Gasteiger partial charge in [0, 0.05) is 5.41 Å². The van der Waals surface area contributed by atoms with E-state index >= 15 is 0 Å². The minimum atomic E-state index is -0.209. The molecule has 27 heavy (non-hydrogen) atoms. The molecular weight excluding hydrogens is 347 g/mol. The van der Waals surface area contributed by atoms with E-state index in [4.69, 9.17) is 0 Å². The molecule has 0 heterocycles. The van der Waals surface area contributed by atoms with Crippen LogP contribution in [-0.4, -0.2) is 11.8 Å². The lowest BCUT2D eigenvalue weighted by Gasteiger charge is -2.36. The average molecular weight is 373 g/mol. The number of rotatable bonds is 9. The third kappa shape index (κ3) is 4.43. The van der Waals surface area contributed by atoms with Crippen molar-refractivity contribution >= 4 is 20.0 Å². The maximum Gasteiger partial charge on any atom is 0.319 e. The van der Waals surface area contributed by atoms with E-state index in [0.29, 0.717) is 6.42 Å². The molecule has 0 bridgehead atoms. The lowest BCUT2D eigenvalue weighted by molar-refractivity contribution is -0.111. The van der Waals surface area contributed by atoms with E-state index in [1.807, 2.05) is 0 Å². The number of benzene rings is 3. The molecule has 0 spiro atoms. The minimum absolute atomic E-state index is 0.159. The molecule has 0 saturated heterocycles. The minimum Gasteiger partial charge on any atom is -0.245 e. The van der Waals surface area contributed by atoms with Crippen molar-refractivity contribution in [3.63, 3.8) is 0 Å². The second-order valence-electron chi connectivity index (χ2n) is 6.81. The molecule has 0 aromatic heterocycles. The van der Waals surface area contributed by atoms with E-state index in [9.17, 15) is 4.79 Å². The first-order chi connectivity index (χ1) is 13.3. The van der Waals surface area contributed by atoms with Gasteiger partial charge in [0.25, 0.3) is 0 Å². The van der Waals surface area contributed by atoms with E-state index in [-0.39, 0.29) is 19.1 Å². The van der Waals surface area contributed by atoms with Crippen molar-refractivity contribution in [2.24, 2.45) is 0 Å². The van der Waals surface area contributed by atoms with Gasteiger partial charge in [-0.1, -0.05) is 97.4 Å². The predicted octanol–water partition coefficient (Wildman–Crippen LogP) is 6.22. The zero-order valence-electron chi connectivity index (χ0n) is 15.6. The number of unbranched alkanes of at least 4 members (excludes halogenated alkanes) is 1. The Labute approximate surface area is 163 Å². The van der Waals surface area contributed by atoms with Crippen molar-refractivity contribution in [3.8, 4) is 0 Å². The summed E-state index contributed by atoms with van der Waals surface area (Å²) in [5.74, 6) is 0. The Hall–Kier alpha value is -2.50. The first-order valence-electron chi connectivity index (χ1n) is 9.50. The molecule has 2 heteroatoms. The van der Waals surface area contributed by atoms with E-state index < -0.39 is 0 Å². The molecule has 0 aliphatic rings. The molecule has 0 fully saturated rings. The van der Waals surface area contributed by atoms with Crippen LogP contribution < -0.4 is 0 Å². The fourth-order valence-electron chi connectivity index (χ4n) is 3.87. The van der Waals surface area contributed by atoms with E-state index in [0.717, 1.165) is 19.3 Å². The highest BCUT2D eigenvalue weighted by molar-refractivity contribution is 7.56. The molecule has 136 valence electrons. The molecule has 0 radical (unpaired) electrons. The molecule has 1 nitrogen and oxygen atoms in total. The summed E-state index contributed by atoms with van der Waals surface area (Å²) in [6.07, 6.45) is 7.25. The first-order valence-corrected chi connectivity index (χ1v) is 10.7. The summed E-state index contributed by atoms with van der Waals surface area (Å²) in [5.41, 5.74) is 3.97. The van der Waals surface area contributed by atoms with Crippen molar-refractivity contribution in [1.82, 2.24) is 0 Å². The highest BCUT2D eigenvalue weighted by Gasteiger charge is 2.35. The molecule has 1 unspecified atom stereocenters. The van der Waals surface area contributed by atoms with Gasteiger partial charge in [0.2, 0.25) is 0 Å². The maximum atomic E-state index is 11.7. The lowest BCUT2D eigenvalue weighted by Crippen LogP contribution is -2.29. The standard InChI is InChI=1S/C25H25OP/c1-27-24(26)19-11-12-20-25(21-13-5-2-6-14-21,22-15-7-3-8-16-22)23-17-9-4-10-18-23/h2-10,13-18H,1,11-12,19-20H2/p+1. The van der Waals surface area contributed by atoms with Crippen molar-refractivity contribution in [2.45, 2.75) is 31.1 Å². The molecule has 3 aromatic carbocycles. The Morgan fingerprint density at radius 1 is 0.704 bits per heavy atom. The first kappa shape index (κ1) is 19.3. The van der Waals surface area contributed by atoms with Gasteiger partial charge in [0.05, 0.1) is 12.7 Å². The summed E-state index contributed by atoms with van der Waals surface area (Å²) in [4.78, 5) is 11.7. The average Bonchev–Trinajstić information content (AvgIpc) is 2.75. The molecule has 0 N–H and O–H groups in total. The zero-order chi connectivity index (χ0) is 19.0. The van der Waals surface area contributed by atoms with Gasteiger partial charge in [0.1, 0.15) is 8.20 Å². The normalized spacial score (nSPS) is 11.4. The SMILES string of the molecule is C=[PH+]C(=O)CCCCC(c1ccccc1)(c1ccccc1)c1ccccc1. The molecule has 0 amide bonds. The monoisotopic (exact) mass is 373 g/mol. The van der Waals surface area contributed by atoms with Crippen LogP contribution in [0.3, 0.4) is 0 Å². The molecule has 0 aliphatic heterocycles. The Morgan fingerprint density at radius 2 is 1.11 bits per heavy atom. The smallest absolute Gasteiger partial charge is 0.245 e. The van der Waals surface area contributed by atoms with Crippen molar-refractivity contribution in [1.29, 1.82) is 0 Å². The van der Waals surface area contributed by atoms with Crippen LogP contribution >= 0.6 is 8.20 Å². The second-order valence-corrected chi connectivity index (χ2v) is 7.72. The van der Waals surface area contributed by atoms with E-state index in [1.54, 1.807) is 0 Å². The molecule has 3 aromatic rings. The Bertz CT molecular complexity index is 760. The van der Waals surface area contributed by atoms with Crippen LogP contribution in [0.5, 0.6) is 0 Å². The summed E-state index contributed by atoms with van der Waals surface area (Å²) in [6.45, 7) is 0. The fraction of sp³-hybridized carbons (Fsp3) is 0.200. The lowest BCUT2D eigenvalue weighted by atomic mass is 9.66. The third-order valence-corrected chi connectivity index (χ3v) is 5.85. The van der Waals surface area contributed by atoms with Crippen LogP contribution in [0.2, 0.25) is 0 Å². The molecule has 1 atom stereocenters. The fourth-order valence-corrected chi connectivity index (χ4v) is 4.22. The molecular formula is C25H26OP+. The number of hydrogen-bond donors (Lipinski definition) is 0. The summed E-state index contributed by atoms with van der Waals surface area (Å²) in [6, 6.07) is 32.2. The summed E-state index contributed by atoms with van der Waals surface area (Å²) < 4.78 is 0. The number of hydrogen-bond acceptors (Lipinski definition) is 1. The van der Waals surface area contributed by atoms with Gasteiger partial charge in [0.15, 0.2) is 0 Å². The largest absolute Gasteiger partial charge is 0.319 e. The van der Waals surface area contributed by atoms with E-state index in [1.165, 1.54) is 16.7 Å². The second kappa shape index (κ2) is 9.44. The number of carbonyl (C=O) groups excluding carboxylic acids is 1. The summed E-state index contributed by atoms with van der Waals surface area (Å²) >= 11 is 0. The predicted molar refractivity (Wildman–Crippen MR) is 118 cm³/mol. The van der Waals surface area contributed by atoms with E-state index in [2.05, 4.69) is 97.3 Å². The molecule has 3 rings (SSSR count). The Morgan fingerprint density at radius 3 is 1.48 bits per heavy atom. The van der Waals surface area contributed by atoms with Crippen molar-refractivity contribution < 1.29 is 4.79 Å². The quantitative estimate of drug-likeness (QED) is 0.247. The molecule has 0 saturated carbocycles. The van der Waals surface area contributed by atoms with Gasteiger partial charge < -0.3 is 0 Å². The van der Waals surface area contributed by atoms with Crippen LogP contribution in [0.15, 0.2) is 91.0 Å². The van der Waals surface area contributed by atoms with Crippen LogP contribution in [0.25, 0.3) is 0 Å². The van der Waals surface area contributed by atoms with Crippen LogP contribution in [-0.2, 0) is 10.2 Å². The topological polar surface area (TPSA) is 17.1 Å². The van der Waals surface area contributed by atoms with Crippen molar-refractivity contribution in [2.75, 3.05) is 0 Å². The van der Waals surface area contributed by atoms with Gasteiger partial charge in [-0.2, -0.15) is 0 Å². The summed E-state index contributed by atoms with van der Waals surface area (Å²) in [7, 11) is 0.159. The van der Waals surface area contributed by atoms with Crippen LogP contribution in [0.1, 0.15) is 42.4 Å². The van der Waals surface area contributed by atoms with Gasteiger partial charge in [-0.3, -0.25) is 0 Å². The zero-order valence-corrected chi connectivity index (χ0v) is 16.6. The van der Waals surface area contributed by atoms with Gasteiger partial charge in [-0.25, -0.2) is 4.79 Å². The maximum absolute atomic E-state index is 11.7. The van der Waals surface area contributed by atoms with Crippen molar-refractivity contribution in [3.05, 3.63) is 108 Å². The van der Waals surface area contributed by atoms with Gasteiger partial charge >= 0.3 is 5.52 Å². The summed E-state index contributed by atoms with van der Waals surface area (Å²) in [5, 5.41) is 0. The third-order valence-electron chi connectivity index (χ3n) is 5.20.